The summed E-state index contributed by atoms with van der Waals surface area (Å²) >= 11 is 0. The monoisotopic (exact) mass is 232 g/mol. The predicted molar refractivity (Wildman–Crippen MR) is 71.9 cm³/mol. The molecule has 1 saturated carbocycles. The number of aromatic nitrogens is 1. The molecule has 0 bridgehead atoms. The highest BCUT2D eigenvalue weighted by atomic mass is 14.9. The van der Waals surface area contributed by atoms with Crippen LogP contribution in [0.5, 0.6) is 0 Å². The summed E-state index contributed by atoms with van der Waals surface area (Å²) in [7, 11) is 2.10. The van der Waals surface area contributed by atoms with Gasteiger partial charge in [-0.25, -0.2) is 0 Å². The van der Waals surface area contributed by atoms with Gasteiger partial charge in [-0.1, -0.05) is 19.8 Å². The molecule has 0 radical (unpaired) electrons. The predicted octanol–water partition coefficient (Wildman–Crippen LogP) is 3.04. The molecule has 2 rings (SSSR count). The van der Waals surface area contributed by atoms with E-state index in [4.69, 9.17) is 0 Å². The first-order valence-electron chi connectivity index (χ1n) is 6.89. The van der Waals surface area contributed by atoms with Gasteiger partial charge < -0.3 is 5.32 Å². The molecule has 1 aliphatic rings. The van der Waals surface area contributed by atoms with Crippen molar-refractivity contribution < 1.29 is 0 Å². The highest BCUT2D eigenvalue weighted by molar-refractivity contribution is 5.12. The topological polar surface area (TPSA) is 24.9 Å². The fraction of sp³-hybridized carbons (Fsp3) is 0.667. The first kappa shape index (κ1) is 12.6. The van der Waals surface area contributed by atoms with Crippen LogP contribution < -0.4 is 5.32 Å². The van der Waals surface area contributed by atoms with Gasteiger partial charge in [0.25, 0.3) is 0 Å². The summed E-state index contributed by atoms with van der Waals surface area (Å²) in [4.78, 5) is 4.08. The third kappa shape index (κ3) is 3.29. The van der Waals surface area contributed by atoms with Crippen LogP contribution in [0.1, 0.15) is 38.2 Å². The number of hydrogen-bond donors (Lipinski definition) is 1. The standard InChI is InChI=1S/C15H24N2/c1-3-12-4-5-14(10-12)15(16-2)11-13-6-8-17-9-7-13/h6-9,12,14-16H,3-5,10-11H2,1-2H3. The molecular formula is C15H24N2. The minimum absolute atomic E-state index is 0.633. The van der Waals surface area contributed by atoms with Crippen molar-refractivity contribution in [1.82, 2.24) is 10.3 Å². The number of pyridine rings is 1. The molecule has 0 saturated heterocycles. The van der Waals surface area contributed by atoms with E-state index in [-0.39, 0.29) is 0 Å². The molecule has 0 amide bonds. The third-order valence-electron chi connectivity index (χ3n) is 4.30. The van der Waals surface area contributed by atoms with Crippen LogP contribution in [-0.4, -0.2) is 18.1 Å². The average Bonchev–Trinajstić information content (AvgIpc) is 2.86. The van der Waals surface area contributed by atoms with Crippen LogP contribution >= 0.6 is 0 Å². The molecule has 1 fully saturated rings. The van der Waals surface area contributed by atoms with Crippen molar-refractivity contribution in [3.63, 3.8) is 0 Å². The van der Waals surface area contributed by atoms with Crippen molar-refractivity contribution in [2.75, 3.05) is 7.05 Å². The van der Waals surface area contributed by atoms with E-state index in [0.717, 1.165) is 18.3 Å². The summed E-state index contributed by atoms with van der Waals surface area (Å²) in [6, 6.07) is 4.90. The first-order valence-corrected chi connectivity index (χ1v) is 6.89. The quantitative estimate of drug-likeness (QED) is 0.844. The summed E-state index contributed by atoms with van der Waals surface area (Å²) in [5, 5.41) is 3.52. The molecule has 0 aliphatic heterocycles. The van der Waals surface area contributed by atoms with Crippen LogP contribution in [-0.2, 0) is 6.42 Å². The largest absolute Gasteiger partial charge is 0.316 e. The highest BCUT2D eigenvalue weighted by Gasteiger charge is 2.29. The molecule has 1 heterocycles. The van der Waals surface area contributed by atoms with Crippen LogP contribution in [0.15, 0.2) is 24.5 Å². The minimum Gasteiger partial charge on any atom is -0.316 e. The molecule has 2 nitrogen and oxygen atoms in total. The Morgan fingerprint density at radius 1 is 1.35 bits per heavy atom. The smallest absolute Gasteiger partial charge is 0.0270 e. The molecule has 0 aromatic carbocycles. The summed E-state index contributed by atoms with van der Waals surface area (Å²) in [5.74, 6) is 1.83. The maximum Gasteiger partial charge on any atom is 0.0270 e. The molecule has 1 aliphatic carbocycles. The lowest BCUT2D eigenvalue weighted by Gasteiger charge is -2.23. The second kappa shape index (κ2) is 6.15. The number of nitrogens with one attached hydrogen (secondary N) is 1. The van der Waals surface area contributed by atoms with Gasteiger partial charge in [-0.2, -0.15) is 0 Å². The summed E-state index contributed by atoms with van der Waals surface area (Å²) in [6.45, 7) is 2.32. The SMILES string of the molecule is CCC1CCC(C(Cc2ccncc2)NC)C1. The van der Waals surface area contributed by atoms with Crippen molar-refractivity contribution in [2.24, 2.45) is 11.8 Å². The third-order valence-corrected chi connectivity index (χ3v) is 4.30. The van der Waals surface area contributed by atoms with E-state index in [1.807, 2.05) is 12.4 Å². The average molecular weight is 232 g/mol. The van der Waals surface area contributed by atoms with Crippen LogP contribution in [0.2, 0.25) is 0 Å². The fourth-order valence-electron chi connectivity index (χ4n) is 3.13. The molecule has 1 N–H and O–H groups in total. The van der Waals surface area contributed by atoms with Crippen LogP contribution in [0, 0.1) is 11.8 Å². The van der Waals surface area contributed by atoms with Gasteiger partial charge in [-0.05, 0) is 55.8 Å². The van der Waals surface area contributed by atoms with Crippen LogP contribution in [0.4, 0.5) is 0 Å². The summed E-state index contributed by atoms with van der Waals surface area (Å²) < 4.78 is 0. The maximum atomic E-state index is 4.08. The number of rotatable bonds is 5. The van der Waals surface area contributed by atoms with Gasteiger partial charge in [0.2, 0.25) is 0 Å². The Balaban J connectivity index is 1.93. The zero-order chi connectivity index (χ0) is 12.1. The Labute approximate surface area is 105 Å². The van der Waals surface area contributed by atoms with Crippen molar-refractivity contribution >= 4 is 0 Å². The summed E-state index contributed by atoms with van der Waals surface area (Å²) in [6.07, 6.45) is 10.5. The van der Waals surface area contributed by atoms with Gasteiger partial charge in [0.1, 0.15) is 0 Å². The van der Waals surface area contributed by atoms with Crippen LogP contribution in [0.3, 0.4) is 0 Å². The zero-order valence-corrected chi connectivity index (χ0v) is 11.0. The number of likely N-dealkylation sites (N-methyl/N-ethyl adjacent to an activating group) is 1. The lowest BCUT2D eigenvalue weighted by molar-refractivity contribution is 0.361. The van der Waals surface area contributed by atoms with Crippen LogP contribution in [0.25, 0.3) is 0 Å². The number of hydrogen-bond acceptors (Lipinski definition) is 2. The van der Waals surface area contributed by atoms with E-state index >= 15 is 0 Å². The molecule has 1 aromatic rings. The molecule has 17 heavy (non-hydrogen) atoms. The Kier molecular flexibility index (Phi) is 4.55. The lowest BCUT2D eigenvalue weighted by atomic mass is 9.91. The Morgan fingerprint density at radius 3 is 2.71 bits per heavy atom. The van der Waals surface area contributed by atoms with Gasteiger partial charge in [0.05, 0.1) is 0 Å². The van der Waals surface area contributed by atoms with Crippen molar-refractivity contribution in [1.29, 1.82) is 0 Å². The maximum absolute atomic E-state index is 4.08. The van der Waals surface area contributed by atoms with Gasteiger partial charge in [0.15, 0.2) is 0 Å². The minimum atomic E-state index is 0.633. The fourth-order valence-corrected chi connectivity index (χ4v) is 3.13. The Bertz CT molecular complexity index is 323. The van der Waals surface area contributed by atoms with Gasteiger partial charge in [-0.3, -0.25) is 4.98 Å². The van der Waals surface area contributed by atoms with E-state index in [2.05, 4.69) is 36.4 Å². The van der Waals surface area contributed by atoms with Gasteiger partial charge in [-0.15, -0.1) is 0 Å². The Hall–Kier alpha value is -0.890. The lowest BCUT2D eigenvalue weighted by Crippen LogP contribution is -2.34. The van der Waals surface area contributed by atoms with Gasteiger partial charge >= 0.3 is 0 Å². The van der Waals surface area contributed by atoms with Crippen molar-refractivity contribution in [2.45, 2.75) is 45.1 Å². The molecule has 3 unspecified atom stereocenters. The molecule has 1 aromatic heterocycles. The first-order chi connectivity index (χ1) is 8.33. The number of nitrogens with zero attached hydrogens (tertiary/aromatic N) is 1. The molecule has 0 spiro atoms. The van der Waals surface area contributed by atoms with Gasteiger partial charge in [0, 0.05) is 18.4 Å². The Morgan fingerprint density at radius 2 is 2.12 bits per heavy atom. The highest BCUT2D eigenvalue weighted by Crippen LogP contribution is 2.35. The van der Waals surface area contributed by atoms with Crippen molar-refractivity contribution in [3.8, 4) is 0 Å². The molecule has 94 valence electrons. The summed E-state index contributed by atoms with van der Waals surface area (Å²) in [5.41, 5.74) is 1.40. The van der Waals surface area contributed by atoms with E-state index in [9.17, 15) is 0 Å². The van der Waals surface area contributed by atoms with E-state index in [1.54, 1.807) is 0 Å². The molecular weight excluding hydrogens is 208 g/mol. The zero-order valence-electron chi connectivity index (χ0n) is 11.0. The molecule has 2 heteroatoms. The van der Waals surface area contributed by atoms with Crippen molar-refractivity contribution in [3.05, 3.63) is 30.1 Å². The second-order valence-electron chi connectivity index (χ2n) is 5.30. The van der Waals surface area contributed by atoms with E-state index in [1.165, 1.54) is 31.2 Å². The molecule has 3 atom stereocenters. The second-order valence-corrected chi connectivity index (χ2v) is 5.30. The normalized spacial score (nSPS) is 26.0. The van der Waals surface area contributed by atoms with E-state index < -0.39 is 0 Å². The van der Waals surface area contributed by atoms with E-state index in [0.29, 0.717) is 6.04 Å².